The summed E-state index contributed by atoms with van der Waals surface area (Å²) in [6, 6.07) is 19.9. The summed E-state index contributed by atoms with van der Waals surface area (Å²) in [6.45, 7) is 2.37. The van der Waals surface area contributed by atoms with Crippen molar-refractivity contribution in [1.82, 2.24) is 5.32 Å². The fraction of sp³-hybridized carbons (Fsp3) is 0.263. The van der Waals surface area contributed by atoms with Crippen LogP contribution in [0.15, 0.2) is 65.8 Å². The van der Waals surface area contributed by atoms with Crippen molar-refractivity contribution in [2.45, 2.75) is 25.4 Å². The molecular formula is C19H20N2O2. The number of oxime groups is 1. The Labute approximate surface area is 136 Å². The number of nitrogens with zero attached hydrogens (tertiary/aromatic N) is 1. The van der Waals surface area contributed by atoms with Gasteiger partial charge in [-0.05, 0) is 24.5 Å². The molecule has 23 heavy (non-hydrogen) atoms. The van der Waals surface area contributed by atoms with Gasteiger partial charge >= 0.3 is 0 Å². The van der Waals surface area contributed by atoms with Gasteiger partial charge in [-0.1, -0.05) is 65.8 Å². The van der Waals surface area contributed by atoms with Crippen LogP contribution < -0.4 is 5.32 Å². The minimum atomic E-state index is -0.929. The predicted octanol–water partition coefficient (Wildman–Crippen LogP) is 2.93. The molecule has 1 atom stereocenters. The molecule has 1 aliphatic heterocycles. The number of rotatable bonds is 5. The molecule has 4 nitrogen and oxygen atoms in total. The van der Waals surface area contributed by atoms with Crippen molar-refractivity contribution in [3.05, 3.63) is 71.8 Å². The molecule has 2 aromatic rings. The van der Waals surface area contributed by atoms with Gasteiger partial charge in [-0.15, -0.1) is 0 Å². The molecule has 0 saturated heterocycles. The maximum absolute atomic E-state index is 12.4. The zero-order chi connectivity index (χ0) is 16.1. The highest BCUT2D eigenvalue weighted by molar-refractivity contribution is 6.05. The fourth-order valence-electron chi connectivity index (χ4n) is 2.60. The molecule has 0 radical (unpaired) electrons. The summed E-state index contributed by atoms with van der Waals surface area (Å²) in [4.78, 5) is 17.9. The molecule has 1 N–H and O–H groups in total. The molecule has 1 unspecified atom stereocenters. The van der Waals surface area contributed by atoms with Gasteiger partial charge in [0.2, 0.25) is 5.60 Å². The zero-order valence-electron chi connectivity index (χ0n) is 13.2. The largest absolute Gasteiger partial charge is 0.379 e. The molecule has 0 saturated carbocycles. The second-order valence-electron chi connectivity index (χ2n) is 5.89. The number of carbonyl (C=O) groups excluding carboxylic acids is 1. The molecule has 1 heterocycles. The molecule has 1 amide bonds. The molecule has 0 aliphatic carbocycles. The summed E-state index contributed by atoms with van der Waals surface area (Å²) in [7, 11) is 0. The van der Waals surface area contributed by atoms with Crippen LogP contribution in [-0.4, -0.2) is 23.8 Å². The van der Waals surface area contributed by atoms with Crippen molar-refractivity contribution >= 4 is 11.6 Å². The molecule has 3 rings (SSSR count). The Morgan fingerprint density at radius 1 is 1.13 bits per heavy atom. The number of carbonyl (C=O) groups is 1. The fourth-order valence-corrected chi connectivity index (χ4v) is 2.60. The van der Waals surface area contributed by atoms with E-state index in [4.69, 9.17) is 4.84 Å². The van der Waals surface area contributed by atoms with Gasteiger partial charge < -0.3 is 10.2 Å². The van der Waals surface area contributed by atoms with E-state index in [0.717, 1.165) is 17.7 Å². The van der Waals surface area contributed by atoms with E-state index in [1.807, 2.05) is 48.5 Å². The monoisotopic (exact) mass is 308 g/mol. The Hall–Kier alpha value is -2.62. The predicted molar refractivity (Wildman–Crippen MR) is 90.2 cm³/mol. The number of nitrogens with one attached hydrogen (secondary N) is 1. The van der Waals surface area contributed by atoms with Gasteiger partial charge in [-0.3, -0.25) is 4.79 Å². The lowest BCUT2D eigenvalue weighted by molar-refractivity contribution is -0.141. The van der Waals surface area contributed by atoms with E-state index < -0.39 is 5.60 Å². The highest BCUT2D eigenvalue weighted by Gasteiger charge is 2.41. The molecule has 0 spiro atoms. The van der Waals surface area contributed by atoms with E-state index in [1.54, 1.807) is 6.92 Å². The highest BCUT2D eigenvalue weighted by Crippen LogP contribution is 2.26. The molecule has 0 bridgehead atoms. The molecule has 118 valence electrons. The molecular weight excluding hydrogens is 288 g/mol. The third-order valence-corrected chi connectivity index (χ3v) is 3.99. The second kappa shape index (κ2) is 6.65. The standard InChI is InChI=1S/C19H20N2O2/c1-19(14-17(21-23-19)16-10-6-3-7-11-16)18(22)20-13-12-15-8-4-2-5-9-15/h2-11H,12-14H2,1H3,(H,20,22). The maximum Gasteiger partial charge on any atom is 0.267 e. The summed E-state index contributed by atoms with van der Waals surface area (Å²) in [5.41, 5.74) is 2.08. The number of hydrogen-bond donors (Lipinski definition) is 1. The van der Waals surface area contributed by atoms with Crippen LogP contribution in [0.2, 0.25) is 0 Å². The van der Waals surface area contributed by atoms with Crippen LogP contribution in [0.4, 0.5) is 0 Å². The van der Waals surface area contributed by atoms with E-state index in [1.165, 1.54) is 5.56 Å². The van der Waals surface area contributed by atoms with E-state index in [0.29, 0.717) is 13.0 Å². The SMILES string of the molecule is CC1(C(=O)NCCc2ccccc2)CC(c2ccccc2)=NO1. The third-order valence-electron chi connectivity index (χ3n) is 3.99. The first-order valence-electron chi connectivity index (χ1n) is 7.80. The molecule has 1 aliphatic rings. The summed E-state index contributed by atoms with van der Waals surface area (Å²) in [5, 5.41) is 7.05. The van der Waals surface area contributed by atoms with Crippen molar-refractivity contribution in [2.75, 3.05) is 6.54 Å². The lowest BCUT2D eigenvalue weighted by Gasteiger charge is -2.20. The van der Waals surface area contributed by atoms with E-state index in [-0.39, 0.29) is 5.91 Å². The van der Waals surface area contributed by atoms with Gasteiger partial charge in [-0.2, -0.15) is 0 Å². The van der Waals surface area contributed by atoms with Crippen LogP contribution in [0.5, 0.6) is 0 Å². The number of hydrogen-bond acceptors (Lipinski definition) is 3. The van der Waals surface area contributed by atoms with Gasteiger partial charge in [0, 0.05) is 13.0 Å². The average molecular weight is 308 g/mol. The first-order valence-corrected chi connectivity index (χ1v) is 7.80. The first kappa shape index (κ1) is 15.3. The lowest BCUT2D eigenvalue weighted by atomic mass is 9.95. The van der Waals surface area contributed by atoms with Crippen molar-refractivity contribution in [3.8, 4) is 0 Å². The minimum Gasteiger partial charge on any atom is -0.379 e. The van der Waals surface area contributed by atoms with Crippen LogP contribution in [0.3, 0.4) is 0 Å². The summed E-state index contributed by atoms with van der Waals surface area (Å²) in [5.74, 6) is -0.122. The van der Waals surface area contributed by atoms with E-state index >= 15 is 0 Å². The smallest absolute Gasteiger partial charge is 0.267 e. The summed E-state index contributed by atoms with van der Waals surface area (Å²) >= 11 is 0. The van der Waals surface area contributed by atoms with Crippen LogP contribution in [-0.2, 0) is 16.1 Å². The molecule has 0 aromatic heterocycles. The van der Waals surface area contributed by atoms with Crippen molar-refractivity contribution in [2.24, 2.45) is 5.16 Å². The third kappa shape index (κ3) is 3.59. The van der Waals surface area contributed by atoms with E-state index in [2.05, 4.69) is 22.6 Å². The first-order chi connectivity index (χ1) is 11.2. The van der Waals surface area contributed by atoms with Gasteiger partial charge in [0.05, 0.1) is 5.71 Å². The van der Waals surface area contributed by atoms with Crippen LogP contribution in [0, 0.1) is 0 Å². The van der Waals surface area contributed by atoms with Gasteiger partial charge in [0.15, 0.2) is 0 Å². The van der Waals surface area contributed by atoms with Gasteiger partial charge in [0.25, 0.3) is 5.91 Å². The van der Waals surface area contributed by atoms with Crippen molar-refractivity contribution in [1.29, 1.82) is 0 Å². The number of amides is 1. The van der Waals surface area contributed by atoms with Crippen molar-refractivity contribution in [3.63, 3.8) is 0 Å². The average Bonchev–Trinajstić information content (AvgIpc) is 3.00. The Morgan fingerprint density at radius 3 is 2.48 bits per heavy atom. The molecule has 4 heteroatoms. The lowest BCUT2D eigenvalue weighted by Crippen LogP contribution is -2.45. The van der Waals surface area contributed by atoms with Gasteiger partial charge in [-0.25, -0.2) is 0 Å². The summed E-state index contributed by atoms with van der Waals surface area (Å²) in [6.07, 6.45) is 1.28. The van der Waals surface area contributed by atoms with Crippen LogP contribution >= 0.6 is 0 Å². The Balaban J connectivity index is 1.54. The Kier molecular flexibility index (Phi) is 4.42. The zero-order valence-corrected chi connectivity index (χ0v) is 13.2. The normalized spacial score (nSPS) is 19.8. The van der Waals surface area contributed by atoms with Crippen LogP contribution in [0.25, 0.3) is 0 Å². The Bertz CT molecular complexity index is 698. The highest BCUT2D eigenvalue weighted by atomic mass is 16.7. The topological polar surface area (TPSA) is 50.7 Å². The van der Waals surface area contributed by atoms with Crippen molar-refractivity contribution < 1.29 is 9.63 Å². The Morgan fingerprint density at radius 2 is 1.78 bits per heavy atom. The van der Waals surface area contributed by atoms with Gasteiger partial charge in [0.1, 0.15) is 0 Å². The quantitative estimate of drug-likeness (QED) is 0.923. The second-order valence-corrected chi connectivity index (χ2v) is 5.89. The maximum atomic E-state index is 12.4. The van der Waals surface area contributed by atoms with E-state index in [9.17, 15) is 4.79 Å². The molecule has 0 fully saturated rings. The minimum absolute atomic E-state index is 0.122. The molecule has 2 aromatic carbocycles. The number of benzene rings is 2. The van der Waals surface area contributed by atoms with Crippen LogP contribution in [0.1, 0.15) is 24.5 Å². The summed E-state index contributed by atoms with van der Waals surface area (Å²) < 4.78 is 0.